The number of aliphatic carboxylic acids is 1. The predicted octanol–water partition coefficient (Wildman–Crippen LogP) is 1.12. The Kier molecular flexibility index (Phi) is 5.76. The van der Waals surface area contributed by atoms with Gasteiger partial charge >= 0.3 is 5.97 Å². The highest BCUT2D eigenvalue weighted by Gasteiger charge is 2.20. The number of hydrogen-bond acceptors (Lipinski definition) is 6. The Balaban J connectivity index is 1.82. The first-order valence-electron chi connectivity index (χ1n) is 6.63. The van der Waals surface area contributed by atoms with E-state index in [1.54, 1.807) is 18.2 Å². The largest absolute Gasteiger partial charge is 0.484 e. The van der Waals surface area contributed by atoms with E-state index in [1.807, 2.05) is 6.26 Å². The second-order valence-corrected chi connectivity index (χ2v) is 5.53. The molecule has 1 unspecified atom stereocenters. The van der Waals surface area contributed by atoms with E-state index in [1.165, 1.54) is 11.8 Å². The molecular formula is C14H17NO6S. The van der Waals surface area contributed by atoms with Crippen LogP contribution in [0.1, 0.15) is 6.42 Å². The molecule has 0 radical (unpaired) electrons. The van der Waals surface area contributed by atoms with Gasteiger partial charge in [0.1, 0.15) is 11.8 Å². The molecular weight excluding hydrogens is 310 g/mol. The molecule has 2 N–H and O–H groups in total. The maximum atomic E-state index is 11.8. The van der Waals surface area contributed by atoms with Crippen molar-refractivity contribution in [3.05, 3.63) is 18.2 Å². The van der Waals surface area contributed by atoms with E-state index < -0.39 is 17.9 Å². The van der Waals surface area contributed by atoms with Crippen molar-refractivity contribution in [2.24, 2.45) is 0 Å². The van der Waals surface area contributed by atoms with Crippen LogP contribution in [0.4, 0.5) is 0 Å². The van der Waals surface area contributed by atoms with Crippen LogP contribution < -0.4 is 19.5 Å². The number of carbonyl (C=O) groups is 2. The van der Waals surface area contributed by atoms with Crippen LogP contribution in [0, 0.1) is 0 Å². The Morgan fingerprint density at radius 2 is 2.18 bits per heavy atom. The van der Waals surface area contributed by atoms with Gasteiger partial charge in [-0.15, -0.1) is 0 Å². The van der Waals surface area contributed by atoms with Crippen molar-refractivity contribution in [2.75, 3.05) is 25.4 Å². The van der Waals surface area contributed by atoms with Gasteiger partial charge in [0.05, 0.1) is 0 Å². The van der Waals surface area contributed by atoms with Crippen LogP contribution in [0.5, 0.6) is 17.2 Å². The normalized spacial score (nSPS) is 13.5. The number of nitrogens with one attached hydrogen (secondary N) is 1. The average Bonchev–Trinajstić information content (AvgIpc) is 2.96. The van der Waals surface area contributed by atoms with Crippen molar-refractivity contribution in [1.82, 2.24) is 5.32 Å². The highest BCUT2D eigenvalue weighted by atomic mass is 32.2. The summed E-state index contributed by atoms with van der Waals surface area (Å²) in [7, 11) is 0. The van der Waals surface area contributed by atoms with Gasteiger partial charge in [0.15, 0.2) is 18.1 Å². The van der Waals surface area contributed by atoms with E-state index in [9.17, 15) is 9.59 Å². The molecule has 0 aromatic heterocycles. The Labute approximate surface area is 131 Å². The standard InChI is InChI=1S/C14H17NO6S/c1-22-5-4-10(14(17)18)15-13(16)7-19-9-2-3-11-12(6-9)21-8-20-11/h2-3,6,10H,4-5,7-8H2,1H3,(H,15,16)(H,17,18). The Morgan fingerprint density at radius 1 is 1.41 bits per heavy atom. The van der Waals surface area contributed by atoms with Crippen LogP contribution in [-0.2, 0) is 9.59 Å². The Bertz CT molecular complexity index is 550. The number of carboxylic acids is 1. The smallest absolute Gasteiger partial charge is 0.326 e. The maximum Gasteiger partial charge on any atom is 0.326 e. The highest BCUT2D eigenvalue weighted by Crippen LogP contribution is 2.34. The molecule has 1 atom stereocenters. The molecule has 7 nitrogen and oxygen atoms in total. The molecule has 1 aromatic carbocycles. The molecule has 1 heterocycles. The van der Waals surface area contributed by atoms with Crippen molar-refractivity contribution in [3.8, 4) is 17.2 Å². The molecule has 0 saturated heterocycles. The maximum absolute atomic E-state index is 11.8. The van der Waals surface area contributed by atoms with Gasteiger partial charge in [0.2, 0.25) is 6.79 Å². The molecule has 2 rings (SSSR count). The molecule has 8 heteroatoms. The fourth-order valence-corrected chi connectivity index (χ4v) is 2.32. The molecule has 0 saturated carbocycles. The number of carbonyl (C=O) groups excluding carboxylic acids is 1. The van der Waals surface area contributed by atoms with Crippen molar-refractivity contribution in [2.45, 2.75) is 12.5 Å². The summed E-state index contributed by atoms with van der Waals surface area (Å²) in [5.41, 5.74) is 0. The zero-order chi connectivity index (χ0) is 15.9. The molecule has 1 aliphatic rings. The second kappa shape index (κ2) is 7.79. The summed E-state index contributed by atoms with van der Waals surface area (Å²) in [4.78, 5) is 22.8. The molecule has 1 amide bonds. The summed E-state index contributed by atoms with van der Waals surface area (Å²) in [6.45, 7) is -0.0995. The van der Waals surface area contributed by atoms with Gasteiger partial charge in [-0.25, -0.2) is 4.79 Å². The first-order valence-corrected chi connectivity index (χ1v) is 8.03. The Morgan fingerprint density at radius 3 is 2.91 bits per heavy atom. The fourth-order valence-electron chi connectivity index (χ4n) is 1.84. The number of fused-ring (bicyclic) bond motifs is 1. The van der Waals surface area contributed by atoms with Gasteiger partial charge in [-0.1, -0.05) is 0 Å². The number of carboxylic acid groups (broad SMARTS) is 1. The number of rotatable bonds is 8. The monoisotopic (exact) mass is 327 g/mol. The van der Waals surface area contributed by atoms with Gasteiger partial charge in [0.25, 0.3) is 5.91 Å². The lowest BCUT2D eigenvalue weighted by Crippen LogP contribution is -2.43. The lowest BCUT2D eigenvalue weighted by atomic mass is 10.2. The van der Waals surface area contributed by atoms with Gasteiger partial charge in [-0.2, -0.15) is 11.8 Å². The summed E-state index contributed by atoms with van der Waals surface area (Å²) in [5.74, 6) is 0.758. The summed E-state index contributed by atoms with van der Waals surface area (Å²) in [6, 6.07) is 4.07. The molecule has 1 aromatic rings. The van der Waals surface area contributed by atoms with Crippen LogP contribution in [0.2, 0.25) is 0 Å². The lowest BCUT2D eigenvalue weighted by Gasteiger charge is -2.14. The minimum Gasteiger partial charge on any atom is -0.484 e. The molecule has 0 spiro atoms. The number of amides is 1. The lowest BCUT2D eigenvalue weighted by molar-refractivity contribution is -0.142. The zero-order valence-corrected chi connectivity index (χ0v) is 12.9. The Hall–Kier alpha value is -2.09. The summed E-state index contributed by atoms with van der Waals surface area (Å²) in [5, 5.41) is 11.5. The van der Waals surface area contributed by atoms with E-state index in [4.69, 9.17) is 19.3 Å². The van der Waals surface area contributed by atoms with Crippen LogP contribution in [0.25, 0.3) is 0 Å². The van der Waals surface area contributed by atoms with Crippen LogP contribution in [0.3, 0.4) is 0 Å². The van der Waals surface area contributed by atoms with Gasteiger partial charge in [0, 0.05) is 6.07 Å². The van der Waals surface area contributed by atoms with Gasteiger partial charge in [-0.05, 0) is 30.6 Å². The number of thioether (sulfide) groups is 1. The quantitative estimate of drug-likeness (QED) is 0.739. The minimum absolute atomic E-state index is 0.162. The van der Waals surface area contributed by atoms with Gasteiger partial charge in [-0.3, -0.25) is 4.79 Å². The predicted molar refractivity (Wildman–Crippen MR) is 80.6 cm³/mol. The van der Waals surface area contributed by atoms with Crippen LogP contribution >= 0.6 is 11.8 Å². The molecule has 0 fully saturated rings. The summed E-state index contributed by atoms with van der Waals surface area (Å²) in [6.07, 6.45) is 2.25. The molecule has 120 valence electrons. The first kappa shape index (κ1) is 16.3. The van der Waals surface area contributed by atoms with Gasteiger partial charge < -0.3 is 24.6 Å². The first-order chi connectivity index (χ1) is 10.6. The number of hydrogen-bond donors (Lipinski definition) is 2. The molecule has 1 aliphatic heterocycles. The van der Waals surface area contributed by atoms with Crippen molar-refractivity contribution in [3.63, 3.8) is 0 Å². The van der Waals surface area contributed by atoms with E-state index in [0.29, 0.717) is 29.4 Å². The van der Waals surface area contributed by atoms with E-state index in [2.05, 4.69) is 5.32 Å². The van der Waals surface area contributed by atoms with Crippen LogP contribution in [0.15, 0.2) is 18.2 Å². The number of ether oxygens (including phenoxy) is 3. The highest BCUT2D eigenvalue weighted by molar-refractivity contribution is 7.98. The summed E-state index contributed by atoms with van der Waals surface area (Å²) < 4.78 is 15.7. The van der Waals surface area contributed by atoms with E-state index >= 15 is 0 Å². The SMILES string of the molecule is CSCCC(NC(=O)COc1ccc2c(c1)OCO2)C(=O)O. The third kappa shape index (κ3) is 4.45. The zero-order valence-electron chi connectivity index (χ0n) is 12.0. The van der Waals surface area contributed by atoms with E-state index in [-0.39, 0.29) is 13.4 Å². The third-order valence-electron chi connectivity index (χ3n) is 2.96. The third-order valence-corrected chi connectivity index (χ3v) is 3.60. The molecule has 0 aliphatic carbocycles. The second-order valence-electron chi connectivity index (χ2n) is 4.54. The van der Waals surface area contributed by atoms with E-state index in [0.717, 1.165) is 0 Å². The minimum atomic E-state index is -1.05. The van der Waals surface area contributed by atoms with Crippen molar-refractivity contribution in [1.29, 1.82) is 0 Å². The van der Waals surface area contributed by atoms with Crippen molar-refractivity contribution >= 4 is 23.6 Å². The summed E-state index contributed by atoms with van der Waals surface area (Å²) >= 11 is 1.52. The van der Waals surface area contributed by atoms with Crippen molar-refractivity contribution < 1.29 is 28.9 Å². The molecule has 0 bridgehead atoms. The topological polar surface area (TPSA) is 94.1 Å². The number of benzene rings is 1. The average molecular weight is 327 g/mol. The molecule has 22 heavy (non-hydrogen) atoms. The van der Waals surface area contributed by atoms with Crippen LogP contribution in [-0.4, -0.2) is 48.4 Å². The fraction of sp³-hybridized carbons (Fsp3) is 0.429.